The van der Waals surface area contributed by atoms with Crippen LogP contribution in [0.15, 0.2) is 84.9 Å². The van der Waals surface area contributed by atoms with Gasteiger partial charge in [0.15, 0.2) is 0 Å². The maximum absolute atomic E-state index is 14.7. The van der Waals surface area contributed by atoms with E-state index in [1.165, 1.54) is 15.3 Å². The van der Waals surface area contributed by atoms with Crippen LogP contribution in [0, 0.1) is 5.82 Å². The van der Waals surface area contributed by atoms with Gasteiger partial charge in [-0.3, -0.25) is 13.9 Å². The van der Waals surface area contributed by atoms with Gasteiger partial charge in [-0.05, 0) is 43.5 Å². The summed E-state index contributed by atoms with van der Waals surface area (Å²) < 4.78 is 41.0. The molecule has 0 saturated heterocycles. The number of anilines is 1. The van der Waals surface area contributed by atoms with Gasteiger partial charge in [-0.1, -0.05) is 73.7 Å². The topological polar surface area (TPSA) is 86.8 Å². The Bertz CT molecular complexity index is 1350. The van der Waals surface area contributed by atoms with Gasteiger partial charge in [-0.25, -0.2) is 12.8 Å². The predicted octanol–water partition coefficient (Wildman–Crippen LogP) is 4.93. The van der Waals surface area contributed by atoms with Crippen LogP contribution in [0.2, 0.25) is 0 Å². The lowest BCUT2D eigenvalue weighted by Crippen LogP contribution is -2.52. The summed E-state index contributed by atoms with van der Waals surface area (Å²) in [7, 11) is -3.58. The molecule has 0 bridgehead atoms. The maximum atomic E-state index is 14.7. The molecule has 1 N–H and O–H groups in total. The van der Waals surface area contributed by atoms with Crippen molar-refractivity contribution < 1.29 is 22.4 Å². The first-order valence-corrected chi connectivity index (χ1v) is 15.3. The van der Waals surface area contributed by atoms with Crippen LogP contribution in [-0.2, 0) is 32.6 Å². The summed E-state index contributed by atoms with van der Waals surface area (Å²) >= 11 is 0. The zero-order valence-corrected chi connectivity index (χ0v) is 24.1. The second-order valence-electron chi connectivity index (χ2n) is 9.91. The first-order valence-electron chi connectivity index (χ1n) is 13.5. The first-order chi connectivity index (χ1) is 19.1. The monoisotopic (exact) mass is 567 g/mol. The van der Waals surface area contributed by atoms with Crippen molar-refractivity contribution in [3.05, 3.63) is 102 Å². The molecule has 3 aromatic rings. The quantitative estimate of drug-likeness (QED) is 0.299. The SMILES string of the molecule is CCC(C)NC(=O)C(Cc1ccccc1)N(Cc1ccccc1F)C(=O)CCCN(c1ccccc1)S(C)(=O)=O. The number of carbonyl (C=O) groups is 2. The van der Waals surface area contributed by atoms with E-state index in [1.807, 2.05) is 44.2 Å². The highest BCUT2D eigenvalue weighted by atomic mass is 32.2. The summed E-state index contributed by atoms with van der Waals surface area (Å²) in [6, 6.07) is 23.3. The Balaban J connectivity index is 1.89. The molecule has 2 unspecified atom stereocenters. The van der Waals surface area contributed by atoms with Gasteiger partial charge in [-0.15, -0.1) is 0 Å². The minimum atomic E-state index is -3.58. The third-order valence-electron chi connectivity index (χ3n) is 6.77. The van der Waals surface area contributed by atoms with E-state index in [-0.39, 0.29) is 50.2 Å². The molecule has 214 valence electrons. The van der Waals surface area contributed by atoms with E-state index in [1.54, 1.807) is 48.5 Å². The molecule has 0 aliphatic carbocycles. The molecule has 0 aromatic heterocycles. The zero-order valence-electron chi connectivity index (χ0n) is 23.3. The molecule has 0 radical (unpaired) electrons. The molecule has 0 spiro atoms. The number of benzene rings is 3. The smallest absolute Gasteiger partial charge is 0.243 e. The Morgan fingerprint density at radius 3 is 2.12 bits per heavy atom. The average Bonchev–Trinajstić information content (AvgIpc) is 2.94. The van der Waals surface area contributed by atoms with E-state index < -0.39 is 21.9 Å². The standard InChI is InChI=1S/C31H38FN3O4S/c1-4-24(2)33-31(37)29(22-25-14-7-5-8-15-25)34(23-26-16-11-12-19-28(26)32)30(36)20-13-21-35(40(3,38)39)27-17-9-6-10-18-27/h5-12,14-19,24,29H,4,13,20-23H2,1-3H3,(H,33,37). The predicted molar refractivity (Wildman–Crippen MR) is 157 cm³/mol. The fourth-order valence-electron chi connectivity index (χ4n) is 4.40. The lowest BCUT2D eigenvalue weighted by Gasteiger charge is -2.32. The summed E-state index contributed by atoms with van der Waals surface area (Å²) in [4.78, 5) is 28.8. The Kier molecular flexibility index (Phi) is 11.3. The third kappa shape index (κ3) is 8.91. The number of sulfonamides is 1. The molecule has 7 nitrogen and oxygen atoms in total. The zero-order chi connectivity index (χ0) is 29.1. The van der Waals surface area contributed by atoms with Gasteiger partial charge >= 0.3 is 0 Å². The van der Waals surface area contributed by atoms with Crippen molar-refractivity contribution in [3.63, 3.8) is 0 Å². The maximum Gasteiger partial charge on any atom is 0.243 e. The molecule has 2 amide bonds. The summed E-state index contributed by atoms with van der Waals surface area (Å²) in [5.41, 5.74) is 1.67. The molecular weight excluding hydrogens is 529 g/mol. The van der Waals surface area contributed by atoms with E-state index in [4.69, 9.17) is 0 Å². The molecule has 2 atom stereocenters. The van der Waals surface area contributed by atoms with Crippen molar-refractivity contribution >= 4 is 27.5 Å². The number of amides is 2. The molecule has 3 rings (SSSR count). The van der Waals surface area contributed by atoms with E-state index in [2.05, 4.69) is 5.32 Å². The molecule has 0 aliphatic heterocycles. The van der Waals surface area contributed by atoms with Crippen LogP contribution in [0.5, 0.6) is 0 Å². The Morgan fingerprint density at radius 2 is 1.52 bits per heavy atom. The summed E-state index contributed by atoms with van der Waals surface area (Å²) in [5, 5.41) is 2.99. The van der Waals surface area contributed by atoms with E-state index in [0.29, 0.717) is 17.7 Å². The van der Waals surface area contributed by atoms with Gasteiger partial charge in [0, 0.05) is 37.5 Å². The minimum Gasteiger partial charge on any atom is -0.352 e. The summed E-state index contributed by atoms with van der Waals surface area (Å²) in [5.74, 6) is -1.14. The molecule has 0 saturated carbocycles. The highest BCUT2D eigenvalue weighted by Crippen LogP contribution is 2.21. The molecule has 40 heavy (non-hydrogen) atoms. The Labute approximate surface area is 237 Å². The lowest BCUT2D eigenvalue weighted by atomic mass is 10.0. The average molecular weight is 568 g/mol. The van der Waals surface area contributed by atoms with Gasteiger partial charge in [0.25, 0.3) is 0 Å². The highest BCUT2D eigenvalue weighted by Gasteiger charge is 2.31. The first kappa shape index (κ1) is 30.8. The lowest BCUT2D eigenvalue weighted by molar-refractivity contribution is -0.141. The number of hydrogen-bond donors (Lipinski definition) is 1. The molecular formula is C31H38FN3O4S. The second-order valence-corrected chi connectivity index (χ2v) is 11.8. The third-order valence-corrected chi connectivity index (χ3v) is 7.96. The van der Waals surface area contributed by atoms with Crippen LogP contribution in [0.3, 0.4) is 0 Å². The van der Waals surface area contributed by atoms with Crippen molar-refractivity contribution in [1.29, 1.82) is 0 Å². The number of nitrogens with one attached hydrogen (secondary N) is 1. The molecule has 0 fully saturated rings. The van der Waals surface area contributed by atoms with E-state index in [0.717, 1.165) is 11.8 Å². The van der Waals surface area contributed by atoms with Crippen LogP contribution in [0.1, 0.15) is 44.2 Å². The van der Waals surface area contributed by atoms with Crippen molar-refractivity contribution in [3.8, 4) is 0 Å². The Hall–Kier alpha value is -3.72. The molecule has 0 aliphatic rings. The van der Waals surface area contributed by atoms with E-state index in [9.17, 15) is 22.4 Å². The van der Waals surface area contributed by atoms with Gasteiger partial charge in [0.05, 0.1) is 11.9 Å². The summed E-state index contributed by atoms with van der Waals surface area (Å²) in [6.45, 7) is 3.85. The molecule has 9 heteroatoms. The van der Waals surface area contributed by atoms with Crippen LogP contribution in [0.4, 0.5) is 10.1 Å². The van der Waals surface area contributed by atoms with E-state index >= 15 is 0 Å². The largest absolute Gasteiger partial charge is 0.352 e. The Morgan fingerprint density at radius 1 is 0.925 bits per heavy atom. The van der Waals surface area contributed by atoms with Crippen molar-refractivity contribution in [2.24, 2.45) is 0 Å². The fraction of sp³-hybridized carbons (Fsp3) is 0.355. The van der Waals surface area contributed by atoms with Gasteiger partial charge in [0.1, 0.15) is 11.9 Å². The fourth-order valence-corrected chi connectivity index (χ4v) is 5.37. The van der Waals surface area contributed by atoms with Crippen LogP contribution in [-0.4, -0.2) is 50.0 Å². The van der Waals surface area contributed by atoms with Crippen molar-refractivity contribution in [1.82, 2.24) is 10.2 Å². The number of para-hydroxylation sites is 1. The molecule has 3 aromatic carbocycles. The minimum absolute atomic E-state index is 0.0186. The van der Waals surface area contributed by atoms with Crippen LogP contribution >= 0.6 is 0 Å². The van der Waals surface area contributed by atoms with Gasteiger partial charge < -0.3 is 10.2 Å². The van der Waals surface area contributed by atoms with Gasteiger partial charge in [-0.2, -0.15) is 0 Å². The number of nitrogens with zero attached hydrogens (tertiary/aromatic N) is 2. The van der Waals surface area contributed by atoms with Crippen molar-refractivity contribution in [2.45, 2.75) is 58.2 Å². The van der Waals surface area contributed by atoms with Crippen LogP contribution in [0.25, 0.3) is 0 Å². The summed E-state index contributed by atoms with van der Waals surface area (Å²) in [6.07, 6.45) is 2.30. The van der Waals surface area contributed by atoms with Crippen molar-refractivity contribution in [2.75, 3.05) is 17.1 Å². The molecule has 0 heterocycles. The highest BCUT2D eigenvalue weighted by molar-refractivity contribution is 7.92. The van der Waals surface area contributed by atoms with Crippen LogP contribution < -0.4 is 9.62 Å². The number of halogens is 1. The number of carbonyl (C=O) groups excluding carboxylic acids is 2. The number of rotatable bonds is 14. The normalized spacial score (nSPS) is 12.8. The number of hydrogen-bond acceptors (Lipinski definition) is 4. The second kappa shape index (κ2) is 14.6. The van der Waals surface area contributed by atoms with Gasteiger partial charge in [0.2, 0.25) is 21.8 Å².